The zero-order chi connectivity index (χ0) is 21.9. The molecule has 29 heavy (non-hydrogen) atoms. The third-order valence-electron chi connectivity index (χ3n) is 3.36. The van der Waals surface area contributed by atoms with Gasteiger partial charge in [0, 0.05) is 17.2 Å². The minimum Gasteiger partial charge on any atom is -0.439 e. The number of nitrogens with one attached hydrogen (secondary N) is 3. The molecule has 10 heteroatoms. The van der Waals surface area contributed by atoms with Crippen LogP contribution in [0.4, 0.5) is 10.6 Å². The molecule has 9 nitrogen and oxygen atoms in total. The number of aromatic nitrogens is 2. The van der Waals surface area contributed by atoms with Gasteiger partial charge in [-0.3, -0.25) is 19.7 Å². The van der Waals surface area contributed by atoms with E-state index in [1.165, 1.54) is 24.0 Å². The van der Waals surface area contributed by atoms with Crippen LogP contribution < -0.4 is 10.6 Å². The summed E-state index contributed by atoms with van der Waals surface area (Å²) in [7, 11) is 0. The van der Waals surface area contributed by atoms with E-state index in [4.69, 9.17) is 4.74 Å². The van der Waals surface area contributed by atoms with E-state index < -0.39 is 35.8 Å². The molecule has 0 bridgehead atoms. The summed E-state index contributed by atoms with van der Waals surface area (Å²) in [4.78, 5) is 40.4. The van der Waals surface area contributed by atoms with Crippen LogP contribution in [0.25, 0.3) is 0 Å². The maximum Gasteiger partial charge on any atom is 0.408 e. The smallest absolute Gasteiger partial charge is 0.408 e. The lowest BCUT2D eigenvalue weighted by Gasteiger charge is -2.31. The van der Waals surface area contributed by atoms with Crippen LogP contribution in [-0.4, -0.2) is 58.0 Å². The number of Topliss-reactive ketones (excluding diaryl/α,β-unsaturated/α-hetero) is 1. The van der Waals surface area contributed by atoms with Gasteiger partial charge in [-0.05, 0) is 0 Å². The van der Waals surface area contributed by atoms with Crippen molar-refractivity contribution in [2.45, 2.75) is 26.9 Å². The predicted octanol–water partition coefficient (Wildman–Crippen LogP) is 2.56. The Hall–Kier alpha value is -2.88. The van der Waals surface area contributed by atoms with Crippen LogP contribution >= 0.6 is 11.8 Å². The van der Waals surface area contributed by atoms with Gasteiger partial charge in [0.25, 0.3) is 5.91 Å². The SMILES string of the molecule is C=CCN=C(SCC=C)C(OC(=O)NCC(=O)C(=O)Nc1ccn[nH]1)C(C)(C)C. The average molecular weight is 422 g/mol. The Kier molecular flexibility index (Phi) is 9.87. The number of hydrogen-bond acceptors (Lipinski definition) is 7. The van der Waals surface area contributed by atoms with Gasteiger partial charge in [-0.15, -0.1) is 24.9 Å². The first kappa shape index (κ1) is 24.2. The minimum atomic E-state index is -0.878. The topological polar surface area (TPSA) is 126 Å². The molecule has 1 atom stereocenters. The number of ether oxygens (including phenoxy) is 1. The fraction of sp³-hybridized carbons (Fsp3) is 0.421. The van der Waals surface area contributed by atoms with Gasteiger partial charge in [0.2, 0.25) is 5.78 Å². The molecule has 158 valence electrons. The zero-order valence-corrected chi connectivity index (χ0v) is 17.7. The Morgan fingerprint density at radius 2 is 2.07 bits per heavy atom. The number of rotatable bonds is 10. The highest BCUT2D eigenvalue weighted by Crippen LogP contribution is 2.28. The summed E-state index contributed by atoms with van der Waals surface area (Å²) < 4.78 is 5.54. The third-order valence-corrected chi connectivity index (χ3v) is 4.40. The Labute approximate surface area is 174 Å². The molecule has 1 aromatic heterocycles. The van der Waals surface area contributed by atoms with Crippen LogP contribution in [0.2, 0.25) is 0 Å². The summed E-state index contributed by atoms with van der Waals surface area (Å²) in [5.41, 5.74) is -0.451. The van der Waals surface area contributed by atoms with E-state index in [0.717, 1.165) is 0 Å². The number of ketones is 1. The first-order valence-corrected chi connectivity index (χ1v) is 9.84. The first-order valence-electron chi connectivity index (χ1n) is 8.86. The Balaban J connectivity index is 2.71. The Bertz CT molecular complexity index is 753. The van der Waals surface area contributed by atoms with Crippen LogP contribution in [0, 0.1) is 5.41 Å². The number of carbonyl (C=O) groups excluding carboxylic acids is 3. The predicted molar refractivity (Wildman–Crippen MR) is 115 cm³/mol. The maximum absolute atomic E-state index is 12.3. The Morgan fingerprint density at radius 3 is 2.62 bits per heavy atom. The van der Waals surface area contributed by atoms with Crippen LogP contribution in [0.3, 0.4) is 0 Å². The van der Waals surface area contributed by atoms with Crippen molar-refractivity contribution in [3.63, 3.8) is 0 Å². The molecule has 0 saturated heterocycles. The molecule has 1 heterocycles. The number of amides is 2. The fourth-order valence-electron chi connectivity index (χ4n) is 2.00. The highest BCUT2D eigenvalue weighted by atomic mass is 32.2. The number of aromatic amines is 1. The molecular weight excluding hydrogens is 394 g/mol. The standard InChI is InChI=1S/C19H27N5O4S/c1-6-9-20-17(29-11-7-2)15(19(3,4)5)28-18(27)21-12-13(25)16(26)23-14-8-10-22-24-14/h6-8,10,15H,1-2,9,11-12H2,3-5H3,(H,21,27)(H2,22,23,24,26). The summed E-state index contributed by atoms with van der Waals surface area (Å²) >= 11 is 1.41. The van der Waals surface area contributed by atoms with Crippen LogP contribution in [0.1, 0.15) is 20.8 Å². The van der Waals surface area contributed by atoms with E-state index in [1.54, 1.807) is 12.2 Å². The van der Waals surface area contributed by atoms with Crippen LogP contribution in [0.5, 0.6) is 0 Å². The summed E-state index contributed by atoms with van der Waals surface area (Å²) in [6.07, 6.45) is 3.33. The average Bonchev–Trinajstić information content (AvgIpc) is 3.16. The number of thioether (sulfide) groups is 1. The molecule has 0 radical (unpaired) electrons. The molecule has 0 fully saturated rings. The number of hydrogen-bond donors (Lipinski definition) is 3. The summed E-state index contributed by atoms with van der Waals surface area (Å²) in [6, 6.07) is 1.49. The maximum atomic E-state index is 12.3. The van der Waals surface area contributed by atoms with E-state index in [-0.39, 0.29) is 5.82 Å². The van der Waals surface area contributed by atoms with E-state index in [9.17, 15) is 14.4 Å². The first-order chi connectivity index (χ1) is 13.7. The monoisotopic (exact) mass is 421 g/mol. The number of aliphatic imine (C=N–C) groups is 1. The van der Waals surface area contributed by atoms with Gasteiger partial charge in [-0.25, -0.2) is 4.79 Å². The van der Waals surface area contributed by atoms with Crippen molar-refractivity contribution in [1.29, 1.82) is 0 Å². The number of H-pyrrole nitrogens is 1. The summed E-state index contributed by atoms with van der Waals surface area (Å²) in [5, 5.41) is 11.4. The van der Waals surface area contributed by atoms with Crippen molar-refractivity contribution in [2.24, 2.45) is 10.4 Å². The van der Waals surface area contributed by atoms with Crippen molar-refractivity contribution in [3.05, 3.63) is 37.6 Å². The molecule has 0 spiro atoms. The molecule has 1 unspecified atom stereocenters. The second kappa shape index (κ2) is 11.8. The number of carbonyl (C=O) groups is 3. The molecule has 0 saturated carbocycles. The molecule has 0 aromatic carbocycles. The molecule has 0 aliphatic carbocycles. The summed E-state index contributed by atoms with van der Waals surface area (Å²) in [6.45, 7) is 12.9. The molecule has 0 aliphatic heterocycles. The minimum absolute atomic E-state index is 0.279. The fourth-order valence-corrected chi connectivity index (χ4v) is 3.01. The lowest BCUT2D eigenvalue weighted by molar-refractivity contribution is -0.134. The number of alkyl carbamates (subject to hydrolysis) is 1. The molecule has 1 aromatic rings. The number of anilines is 1. The lowest BCUT2D eigenvalue weighted by atomic mass is 9.89. The molecule has 2 amide bonds. The van der Waals surface area contributed by atoms with Gasteiger partial charge < -0.3 is 15.4 Å². The van der Waals surface area contributed by atoms with Gasteiger partial charge >= 0.3 is 6.09 Å². The third kappa shape index (κ3) is 8.77. The quantitative estimate of drug-likeness (QED) is 0.231. The van der Waals surface area contributed by atoms with Crippen molar-refractivity contribution < 1.29 is 19.1 Å². The largest absolute Gasteiger partial charge is 0.439 e. The van der Waals surface area contributed by atoms with E-state index in [0.29, 0.717) is 17.3 Å². The van der Waals surface area contributed by atoms with Gasteiger partial charge in [-0.1, -0.05) is 32.9 Å². The highest BCUT2D eigenvalue weighted by molar-refractivity contribution is 8.14. The van der Waals surface area contributed by atoms with Crippen molar-refractivity contribution >= 4 is 40.4 Å². The molecule has 0 aliphatic rings. The van der Waals surface area contributed by atoms with Crippen LogP contribution in [-0.2, 0) is 14.3 Å². The van der Waals surface area contributed by atoms with Gasteiger partial charge in [0.15, 0.2) is 6.10 Å². The normalized spacial score (nSPS) is 12.6. The zero-order valence-electron chi connectivity index (χ0n) is 16.9. The van der Waals surface area contributed by atoms with Gasteiger partial charge in [0.05, 0.1) is 19.3 Å². The molecular formula is C19H27N5O4S. The van der Waals surface area contributed by atoms with Crippen LogP contribution in [0.15, 0.2) is 42.6 Å². The molecule has 3 N–H and O–H groups in total. The second-order valence-electron chi connectivity index (χ2n) is 6.92. The second-order valence-corrected chi connectivity index (χ2v) is 7.96. The van der Waals surface area contributed by atoms with E-state index in [1.807, 2.05) is 20.8 Å². The lowest BCUT2D eigenvalue weighted by Crippen LogP contribution is -2.43. The van der Waals surface area contributed by atoms with E-state index in [2.05, 4.69) is 39.0 Å². The van der Waals surface area contributed by atoms with Crippen molar-refractivity contribution in [2.75, 3.05) is 24.2 Å². The van der Waals surface area contributed by atoms with Gasteiger partial charge in [-0.2, -0.15) is 5.10 Å². The highest BCUT2D eigenvalue weighted by Gasteiger charge is 2.33. The number of nitrogens with zero attached hydrogens (tertiary/aromatic N) is 2. The van der Waals surface area contributed by atoms with Crippen molar-refractivity contribution in [3.8, 4) is 0 Å². The summed E-state index contributed by atoms with van der Waals surface area (Å²) in [5.74, 6) is -0.831. The van der Waals surface area contributed by atoms with Crippen molar-refractivity contribution in [1.82, 2.24) is 15.5 Å². The van der Waals surface area contributed by atoms with E-state index >= 15 is 0 Å². The molecule has 1 rings (SSSR count). The van der Waals surface area contributed by atoms with Gasteiger partial charge in [0.1, 0.15) is 10.9 Å². The Morgan fingerprint density at radius 1 is 1.34 bits per heavy atom.